The number of rotatable bonds is 3. The highest BCUT2D eigenvalue weighted by atomic mass is 35.5. The van der Waals surface area contributed by atoms with Crippen molar-refractivity contribution >= 4 is 32.5 Å². The molecule has 0 bridgehead atoms. The second-order valence-corrected chi connectivity index (χ2v) is 9.19. The molecule has 0 spiro atoms. The van der Waals surface area contributed by atoms with E-state index in [4.69, 9.17) is 11.6 Å². The largest absolute Gasteiger partial charge is 0.347 e. The SMILES string of the molecule is Cn1c(C2CCN(S(=O)(=O)c3ccc(Cl)cc3)CC2)cc2ccccc21. The molecule has 1 aromatic heterocycles. The average Bonchev–Trinajstić information content (AvgIpc) is 2.99. The van der Waals surface area contributed by atoms with Gasteiger partial charge in [0, 0.05) is 42.3 Å². The van der Waals surface area contributed by atoms with Gasteiger partial charge in [0.1, 0.15) is 0 Å². The van der Waals surface area contributed by atoms with Gasteiger partial charge in [0.15, 0.2) is 0 Å². The topological polar surface area (TPSA) is 42.3 Å². The first kappa shape index (κ1) is 17.6. The van der Waals surface area contributed by atoms with Gasteiger partial charge in [0.25, 0.3) is 0 Å². The monoisotopic (exact) mass is 388 g/mol. The molecule has 0 unspecified atom stereocenters. The van der Waals surface area contributed by atoms with E-state index in [0.29, 0.717) is 28.9 Å². The molecular weight excluding hydrogens is 368 g/mol. The fourth-order valence-electron chi connectivity index (χ4n) is 3.85. The number of para-hydroxylation sites is 1. The molecule has 1 aliphatic heterocycles. The van der Waals surface area contributed by atoms with Gasteiger partial charge in [0.05, 0.1) is 4.90 Å². The Morgan fingerprint density at radius 1 is 1.00 bits per heavy atom. The molecule has 0 amide bonds. The highest BCUT2D eigenvalue weighted by molar-refractivity contribution is 7.89. The number of benzene rings is 2. The molecule has 26 heavy (non-hydrogen) atoms. The molecule has 3 aromatic rings. The molecule has 0 saturated carbocycles. The maximum Gasteiger partial charge on any atom is 0.243 e. The van der Waals surface area contributed by atoms with Crippen LogP contribution in [-0.2, 0) is 17.1 Å². The van der Waals surface area contributed by atoms with Gasteiger partial charge in [-0.2, -0.15) is 4.31 Å². The lowest BCUT2D eigenvalue weighted by molar-refractivity contribution is 0.314. The number of fused-ring (bicyclic) bond motifs is 1. The Morgan fingerprint density at radius 3 is 2.31 bits per heavy atom. The third-order valence-corrected chi connectivity index (χ3v) is 7.48. The van der Waals surface area contributed by atoms with E-state index in [9.17, 15) is 8.42 Å². The molecule has 0 aliphatic carbocycles. The Kier molecular flexibility index (Phi) is 4.55. The minimum absolute atomic E-state index is 0.310. The van der Waals surface area contributed by atoms with Crippen molar-refractivity contribution in [3.63, 3.8) is 0 Å². The van der Waals surface area contributed by atoms with Crippen LogP contribution >= 0.6 is 11.6 Å². The number of hydrogen-bond acceptors (Lipinski definition) is 2. The number of halogens is 1. The second-order valence-electron chi connectivity index (χ2n) is 6.82. The van der Waals surface area contributed by atoms with Gasteiger partial charge in [-0.1, -0.05) is 29.8 Å². The lowest BCUT2D eigenvalue weighted by Crippen LogP contribution is -2.38. The van der Waals surface area contributed by atoms with E-state index in [1.165, 1.54) is 16.6 Å². The second kappa shape index (κ2) is 6.72. The molecule has 2 heterocycles. The van der Waals surface area contributed by atoms with Crippen LogP contribution < -0.4 is 0 Å². The number of nitrogens with zero attached hydrogens (tertiary/aromatic N) is 2. The molecule has 0 atom stereocenters. The molecule has 0 N–H and O–H groups in total. The van der Waals surface area contributed by atoms with Gasteiger partial charge in [0.2, 0.25) is 10.0 Å². The Hall–Kier alpha value is -1.82. The summed E-state index contributed by atoms with van der Waals surface area (Å²) >= 11 is 5.87. The first-order valence-electron chi connectivity index (χ1n) is 8.77. The van der Waals surface area contributed by atoms with Gasteiger partial charge >= 0.3 is 0 Å². The van der Waals surface area contributed by atoms with Crippen LogP contribution in [0.4, 0.5) is 0 Å². The van der Waals surface area contributed by atoms with Crippen molar-refractivity contribution in [2.45, 2.75) is 23.7 Å². The molecule has 2 aromatic carbocycles. The van der Waals surface area contributed by atoms with Gasteiger partial charge < -0.3 is 4.57 Å². The third kappa shape index (κ3) is 3.04. The zero-order valence-corrected chi connectivity index (χ0v) is 16.2. The molecule has 6 heteroatoms. The molecular formula is C20H21ClN2O2S. The number of piperidine rings is 1. The smallest absolute Gasteiger partial charge is 0.243 e. The average molecular weight is 389 g/mol. The molecule has 1 fully saturated rings. The van der Waals surface area contributed by atoms with E-state index in [1.807, 2.05) is 12.1 Å². The van der Waals surface area contributed by atoms with Gasteiger partial charge in [-0.25, -0.2) is 8.42 Å². The van der Waals surface area contributed by atoms with Gasteiger partial charge in [-0.15, -0.1) is 0 Å². The van der Waals surface area contributed by atoms with Crippen LogP contribution in [0.3, 0.4) is 0 Å². The van der Waals surface area contributed by atoms with Crippen molar-refractivity contribution in [3.05, 3.63) is 65.3 Å². The molecule has 0 radical (unpaired) electrons. The highest BCUT2D eigenvalue weighted by Crippen LogP contribution is 2.33. The van der Waals surface area contributed by atoms with E-state index in [-0.39, 0.29) is 0 Å². The minimum atomic E-state index is -3.45. The third-order valence-electron chi connectivity index (χ3n) is 5.31. The Bertz CT molecular complexity index is 1030. The predicted molar refractivity (Wildman–Crippen MR) is 105 cm³/mol. The van der Waals surface area contributed by atoms with Crippen LogP contribution in [0, 0.1) is 0 Å². The lowest BCUT2D eigenvalue weighted by atomic mass is 9.94. The minimum Gasteiger partial charge on any atom is -0.347 e. The summed E-state index contributed by atoms with van der Waals surface area (Å²) in [5, 5.41) is 1.78. The van der Waals surface area contributed by atoms with E-state index in [1.54, 1.807) is 28.6 Å². The van der Waals surface area contributed by atoms with Crippen molar-refractivity contribution in [2.24, 2.45) is 7.05 Å². The first-order chi connectivity index (χ1) is 12.5. The lowest BCUT2D eigenvalue weighted by Gasteiger charge is -2.31. The maximum absolute atomic E-state index is 12.8. The van der Waals surface area contributed by atoms with Crippen LogP contribution in [0.1, 0.15) is 24.5 Å². The van der Waals surface area contributed by atoms with Crippen molar-refractivity contribution in [1.82, 2.24) is 8.87 Å². The van der Waals surface area contributed by atoms with Gasteiger partial charge in [-0.05, 0) is 54.6 Å². The predicted octanol–water partition coefficient (Wildman–Crippen LogP) is 4.40. The Labute approximate surface area is 159 Å². The Morgan fingerprint density at radius 2 is 1.65 bits per heavy atom. The van der Waals surface area contributed by atoms with Crippen molar-refractivity contribution in [3.8, 4) is 0 Å². The molecule has 4 nitrogen and oxygen atoms in total. The first-order valence-corrected chi connectivity index (χ1v) is 10.6. The van der Waals surface area contributed by atoms with Crippen molar-refractivity contribution in [2.75, 3.05) is 13.1 Å². The Balaban J connectivity index is 1.53. The fraction of sp³-hybridized carbons (Fsp3) is 0.300. The molecule has 4 rings (SSSR count). The summed E-state index contributed by atoms with van der Waals surface area (Å²) in [5.74, 6) is 0.379. The fourth-order valence-corrected chi connectivity index (χ4v) is 5.45. The van der Waals surface area contributed by atoms with Crippen molar-refractivity contribution < 1.29 is 8.42 Å². The quantitative estimate of drug-likeness (QED) is 0.667. The molecule has 136 valence electrons. The number of aryl methyl sites for hydroxylation is 1. The van der Waals surface area contributed by atoms with E-state index < -0.39 is 10.0 Å². The standard InChI is InChI=1S/C20H21ClN2O2S/c1-22-19-5-3-2-4-16(19)14-20(22)15-10-12-23(13-11-15)26(24,25)18-8-6-17(21)7-9-18/h2-9,14-15H,10-13H2,1H3. The van der Waals surface area contributed by atoms with E-state index >= 15 is 0 Å². The summed E-state index contributed by atoms with van der Waals surface area (Å²) in [5.41, 5.74) is 2.51. The summed E-state index contributed by atoms with van der Waals surface area (Å²) < 4.78 is 29.5. The van der Waals surface area contributed by atoms with E-state index in [0.717, 1.165) is 12.8 Å². The summed E-state index contributed by atoms with van der Waals surface area (Å²) in [6.45, 7) is 1.08. The summed E-state index contributed by atoms with van der Waals surface area (Å²) in [4.78, 5) is 0.310. The zero-order chi connectivity index (χ0) is 18.3. The van der Waals surface area contributed by atoms with Crippen LogP contribution in [0.2, 0.25) is 5.02 Å². The summed E-state index contributed by atoms with van der Waals surface area (Å²) in [6.07, 6.45) is 1.66. The van der Waals surface area contributed by atoms with Crippen LogP contribution in [0.15, 0.2) is 59.5 Å². The number of sulfonamides is 1. The van der Waals surface area contributed by atoms with Crippen LogP contribution in [0.25, 0.3) is 10.9 Å². The molecule has 1 aliphatic rings. The maximum atomic E-state index is 12.8. The number of hydrogen-bond donors (Lipinski definition) is 0. The number of aromatic nitrogens is 1. The molecule has 1 saturated heterocycles. The summed E-state index contributed by atoms with van der Waals surface area (Å²) in [7, 11) is -1.36. The van der Waals surface area contributed by atoms with Crippen LogP contribution in [0.5, 0.6) is 0 Å². The zero-order valence-electron chi connectivity index (χ0n) is 14.6. The summed E-state index contributed by atoms with van der Waals surface area (Å²) in [6, 6.07) is 17.0. The normalized spacial score (nSPS) is 17.0. The van der Waals surface area contributed by atoms with E-state index in [2.05, 4.69) is 29.8 Å². The van der Waals surface area contributed by atoms with Crippen molar-refractivity contribution in [1.29, 1.82) is 0 Å². The van der Waals surface area contributed by atoms with Crippen LogP contribution in [-0.4, -0.2) is 30.4 Å². The highest BCUT2D eigenvalue weighted by Gasteiger charge is 2.31. The van der Waals surface area contributed by atoms with Gasteiger partial charge in [-0.3, -0.25) is 0 Å².